The zero-order valence-electron chi connectivity index (χ0n) is 12.4. The van der Waals surface area contributed by atoms with Crippen LogP contribution < -0.4 is 5.48 Å². The Kier molecular flexibility index (Phi) is 5.35. The predicted octanol–water partition coefficient (Wildman–Crippen LogP) is -0.230. The second-order valence-electron chi connectivity index (χ2n) is 4.96. The van der Waals surface area contributed by atoms with Crippen molar-refractivity contribution in [1.29, 1.82) is 0 Å². The highest BCUT2D eigenvalue weighted by atomic mass is 32.2. The molecule has 2 aliphatic rings. The monoisotopic (exact) mass is 332 g/mol. The number of hydrogen-bond acceptors (Lipinski definition) is 6. The van der Waals surface area contributed by atoms with Crippen LogP contribution in [0.2, 0.25) is 0 Å². The molecule has 0 radical (unpaired) electrons. The third-order valence-corrected chi connectivity index (χ3v) is 5.71. The van der Waals surface area contributed by atoms with Crippen molar-refractivity contribution in [2.24, 2.45) is 0 Å². The summed E-state index contributed by atoms with van der Waals surface area (Å²) in [5, 5.41) is 8.69. The van der Waals surface area contributed by atoms with Gasteiger partial charge in [-0.15, -0.1) is 0 Å². The molecule has 0 aromatic carbocycles. The molecule has 9 heteroatoms. The van der Waals surface area contributed by atoms with Crippen LogP contribution in [0.25, 0.3) is 0 Å². The van der Waals surface area contributed by atoms with Crippen molar-refractivity contribution < 1.29 is 27.9 Å². The van der Waals surface area contributed by atoms with Crippen molar-refractivity contribution in [2.75, 3.05) is 19.8 Å². The molecule has 0 aromatic rings. The summed E-state index contributed by atoms with van der Waals surface area (Å²) in [6.07, 6.45) is 3.84. The summed E-state index contributed by atoms with van der Waals surface area (Å²) in [7, 11) is -3.88. The fourth-order valence-electron chi connectivity index (χ4n) is 2.46. The van der Waals surface area contributed by atoms with Gasteiger partial charge in [0.1, 0.15) is 18.2 Å². The molecule has 1 heterocycles. The smallest absolute Gasteiger partial charge is 0.261 e. The number of nitrogens with zero attached hydrogens (tertiary/aromatic N) is 1. The van der Waals surface area contributed by atoms with Crippen molar-refractivity contribution >= 4 is 15.9 Å². The van der Waals surface area contributed by atoms with Crippen molar-refractivity contribution in [2.45, 2.75) is 32.1 Å². The zero-order chi connectivity index (χ0) is 16.3. The molecule has 1 amide bonds. The highest BCUT2D eigenvalue weighted by Gasteiger charge is 2.35. The Hall–Kier alpha value is -1.26. The van der Waals surface area contributed by atoms with Crippen LogP contribution in [0, 0.1) is 0 Å². The molecule has 124 valence electrons. The molecule has 2 unspecified atom stereocenters. The predicted molar refractivity (Wildman–Crippen MR) is 77.4 cm³/mol. The third-order valence-electron chi connectivity index (χ3n) is 3.65. The van der Waals surface area contributed by atoms with Gasteiger partial charge in [-0.1, -0.05) is 13.0 Å². The SMILES string of the molecule is CCN([C@H](C)C(=O)NO)S(=O)(=O)C1=CC2OCCOC2C=C1. The van der Waals surface area contributed by atoms with Crippen LogP contribution in [-0.2, 0) is 24.3 Å². The summed E-state index contributed by atoms with van der Waals surface area (Å²) >= 11 is 0. The Morgan fingerprint density at radius 2 is 2.09 bits per heavy atom. The molecule has 2 rings (SSSR count). The Balaban J connectivity index is 2.27. The van der Waals surface area contributed by atoms with Crippen LogP contribution in [0.3, 0.4) is 0 Å². The van der Waals surface area contributed by atoms with Crippen molar-refractivity contribution in [1.82, 2.24) is 9.79 Å². The largest absolute Gasteiger partial charge is 0.369 e. The minimum atomic E-state index is -3.88. The molecule has 1 fully saturated rings. The lowest BCUT2D eigenvalue weighted by atomic mass is 10.1. The van der Waals surface area contributed by atoms with E-state index in [0.717, 1.165) is 4.31 Å². The number of rotatable bonds is 5. The molecular weight excluding hydrogens is 312 g/mol. The Bertz CT molecular complexity index is 585. The van der Waals surface area contributed by atoms with Gasteiger partial charge >= 0.3 is 0 Å². The lowest BCUT2D eigenvalue weighted by Gasteiger charge is -2.32. The number of carbonyl (C=O) groups is 1. The van der Waals surface area contributed by atoms with E-state index in [9.17, 15) is 13.2 Å². The lowest BCUT2D eigenvalue weighted by Crippen LogP contribution is -2.48. The summed E-state index contributed by atoms with van der Waals surface area (Å²) in [6.45, 7) is 3.99. The summed E-state index contributed by atoms with van der Waals surface area (Å²) in [5.41, 5.74) is 1.47. The molecule has 1 aliphatic carbocycles. The fourth-order valence-corrected chi connectivity index (χ4v) is 4.14. The van der Waals surface area contributed by atoms with E-state index < -0.39 is 28.1 Å². The minimum Gasteiger partial charge on any atom is -0.369 e. The number of fused-ring (bicyclic) bond motifs is 1. The standard InChI is InChI=1S/C13H20N2O6S/c1-3-15(9(2)13(16)14-17)22(18,19)10-4-5-11-12(8-10)21-7-6-20-11/h4-5,8-9,11-12,17H,3,6-7H2,1-2H3,(H,14,16)/t9-,11?,12?/m1/s1. The van der Waals surface area contributed by atoms with E-state index in [4.69, 9.17) is 14.7 Å². The van der Waals surface area contributed by atoms with Gasteiger partial charge < -0.3 is 9.47 Å². The minimum absolute atomic E-state index is 0.0543. The maximum atomic E-state index is 12.7. The first-order valence-corrected chi connectivity index (χ1v) is 8.44. The highest BCUT2D eigenvalue weighted by molar-refractivity contribution is 7.93. The normalized spacial score (nSPS) is 26.3. The van der Waals surface area contributed by atoms with E-state index in [0.29, 0.717) is 13.2 Å². The molecule has 1 saturated heterocycles. The van der Waals surface area contributed by atoms with Crippen LogP contribution in [0.1, 0.15) is 13.8 Å². The van der Waals surface area contributed by atoms with Gasteiger partial charge in [-0.05, 0) is 19.1 Å². The third kappa shape index (κ3) is 3.23. The van der Waals surface area contributed by atoms with Gasteiger partial charge in [0.15, 0.2) is 0 Å². The molecule has 8 nitrogen and oxygen atoms in total. The number of amides is 1. The zero-order valence-corrected chi connectivity index (χ0v) is 13.2. The summed E-state index contributed by atoms with van der Waals surface area (Å²) < 4.78 is 37.4. The van der Waals surface area contributed by atoms with E-state index in [1.54, 1.807) is 13.0 Å². The first kappa shape index (κ1) is 17.1. The van der Waals surface area contributed by atoms with Gasteiger partial charge in [-0.25, -0.2) is 13.9 Å². The second-order valence-corrected chi connectivity index (χ2v) is 6.85. The highest BCUT2D eigenvalue weighted by Crippen LogP contribution is 2.26. The molecule has 0 saturated carbocycles. The average Bonchev–Trinajstić information content (AvgIpc) is 2.53. The summed E-state index contributed by atoms with van der Waals surface area (Å²) in [6, 6.07) is -1.03. The number of likely N-dealkylation sites (N-methyl/N-ethyl adjacent to an activating group) is 1. The molecule has 1 aliphatic heterocycles. The maximum absolute atomic E-state index is 12.7. The number of sulfonamides is 1. The van der Waals surface area contributed by atoms with E-state index in [-0.39, 0.29) is 17.6 Å². The quantitative estimate of drug-likeness (QED) is 0.532. The van der Waals surface area contributed by atoms with E-state index >= 15 is 0 Å². The molecular formula is C13H20N2O6S. The van der Waals surface area contributed by atoms with Gasteiger partial charge in [0.2, 0.25) is 10.0 Å². The van der Waals surface area contributed by atoms with Crippen molar-refractivity contribution in [3.05, 3.63) is 23.1 Å². The van der Waals surface area contributed by atoms with E-state index in [1.807, 2.05) is 0 Å². The fraction of sp³-hybridized carbons (Fsp3) is 0.615. The van der Waals surface area contributed by atoms with E-state index in [2.05, 4.69) is 0 Å². The molecule has 0 aromatic heterocycles. The Labute approximate surface area is 129 Å². The average molecular weight is 332 g/mol. The Morgan fingerprint density at radius 1 is 1.45 bits per heavy atom. The molecule has 22 heavy (non-hydrogen) atoms. The summed E-state index contributed by atoms with van der Waals surface area (Å²) in [4.78, 5) is 11.6. The first-order valence-electron chi connectivity index (χ1n) is 7.00. The number of nitrogens with one attached hydrogen (secondary N) is 1. The van der Waals surface area contributed by atoms with Crippen LogP contribution >= 0.6 is 0 Å². The molecule has 0 bridgehead atoms. The maximum Gasteiger partial charge on any atom is 0.261 e. The topological polar surface area (TPSA) is 105 Å². The Morgan fingerprint density at radius 3 is 2.68 bits per heavy atom. The number of hydroxylamine groups is 1. The van der Waals surface area contributed by atoms with Gasteiger partial charge in [-0.2, -0.15) is 4.31 Å². The summed E-state index contributed by atoms with van der Waals surface area (Å²) in [5.74, 6) is -0.791. The second kappa shape index (κ2) is 6.88. The van der Waals surface area contributed by atoms with Gasteiger partial charge in [0.25, 0.3) is 5.91 Å². The van der Waals surface area contributed by atoms with Crippen LogP contribution in [-0.4, -0.2) is 61.8 Å². The first-order chi connectivity index (χ1) is 10.4. The number of hydrogen-bond donors (Lipinski definition) is 2. The van der Waals surface area contributed by atoms with Crippen molar-refractivity contribution in [3.8, 4) is 0 Å². The lowest BCUT2D eigenvalue weighted by molar-refractivity contribution is -0.132. The molecule has 0 spiro atoms. The van der Waals surface area contributed by atoms with Gasteiger partial charge in [0.05, 0.1) is 18.1 Å². The number of carbonyl (C=O) groups excluding carboxylic acids is 1. The van der Waals surface area contributed by atoms with E-state index in [1.165, 1.54) is 24.6 Å². The van der Waals surface area contributed by atoms with Gasteiger partial charge in [-0.3, -0.25) is 10.0 Å². The van der Waals surface area contributed by atoms with Crippen LogP contribution in [0.5, 0.6) is 0 Å². The molecule has 2 N–H and O–H groups in total. The van der Waals surface area contributed by atoms with Crippen LogP contribution in [0.15, 0.2) is 23.1 Å². The number of ether oxygens (including phenoxy) is 2. The van der Waals surface area contributed by atoms with Gasteiger partial charge in [0, 0.05) is 6.54 Å². The molecule has 3 atom stereocenters. The van der Waals surface area contributed by atoms with Crippen molar-refractivity contribution in [3.63, 3.8) is 0 Å². The number of allylic oxidation sites excluding steroid dienone is 1. The van der Waals surface area contributed by atoms with Crippen LogP contribution in [0.4, 0.5) is 0 Å².